The van der Waals surface area contributed by atoms with E-state index in [1.165, 1.54) is 18.3 Å². The molecule has 2 aromatic rings. The zero-order valence-electron chi connectivity index (χ0n) is 10.4. The number of nitrogens with two attached hydrogens (primary N) is 1. The third-order valence-electron chi connectivity index (χ3n) is 2.53. The van der Waals surface area contributed by atoms with Gasteiger partial charge in [-0.25, -0.2) is 13.4 Å². The van der Waals surface area contributed by atoms with E-state index in [0.29, 0.717) is 10.7 Å². The van der Waals surface area contributed by atoms with Crippen molar-refractivity contribution in [1.29, 1.82) is 0 Å². The second-order valence-corrected chi connectivity index (χ2v) is 6.48. The predicted octanol–water partition coefficient (Wildman–Crippen LogP) is 3.08. The molecule has 106 valence electrons. The van der Waals surface area contributed by atoms with Gasteiger partial charge in [0, 0.05) is 0 Å². The smallest absolute Gasteiger partial charge is 0.265 e. The van der Waals surface area contributed by atoms with Crippen LogP contribution in [0.2, 0.25) is 10.2 Å². The Kier molecular flexibility index (Phi) is 4.08. The fraction of sp³-hybridized carbons (Fsp3) is 0.0833. The molecule has 0 aliphatic heterocycles. The molecular weight excluding hydrogens is 321 g/mol. The van der Waals surface area contributed by atoms with Crippen molar-refractivity contribution < 1.29 is 8.42 Å². The molecule has 1 aromatic carbocycles. The molecule has 0 unspecified atom stereocenters. The van der Waals surface area contributed by atoms with Gasteiger partial charge < -0.3 is 5.73 Å². The Morgan fingerprint density at radius 1 is 1.30 bits per heavy atom. The van der Waals surface area contributed by atoms with E-state index in [-0.39, 0.29) is 21.3 Å². The highest BCUT2D eigenvalue weighted by atomic mass is 35.5. The summed E-state index contributed by atoms with van der Waals surface area (Å²) in [4.78, 5) is 3.72. The van der Waals surface area contributed by atoms with Gasteiger partial charge >= 0.3 is 0 Å². The Morgan fingerprint density at radius 2 is 2.00 bits per heavy atom. The first-order valence-corrected chi connectivity index (χ1v) is 7.74. The van der Waals surface area contributed by atoms with Crippen LogP contribution in [0.25, 0.3) is 0 Å². The number of nitrogen functional groups attached to an aromatic ring is 1. The number of rotatable bonds is 3. The highest BCUT2D eigenvalue weighted by Gasteiger charge is 2.21. The average Bonchev–Trinajstić information content (AvgIpc) is 2.33. The molecule has 0 bridgehead atoms. The number of sulfonamides is 1. The highest BCUT2D eigenvalue weighted by Crippen LogP contribution is 2.29. The molecule has 0 radical (unpaired) electrons. The molecule has 5 nitrogen and oxygen atoms in total. The Labute approximate surface area is 126 Å². The van der Waals surface area contributed by atoms with E-state index in [1.807, 2.05) is 0 Å². The first-order chi connectivity index (χ1) is 9.31. The Morgan fingerprint density at radius 3 is 2.60 bits per heavy atom. The van der Waals surface area contributed by atoms with Crippen molar-refractivity contribution in [1.82, 2.24) is 4.98 Å². The van der Waals surface area contributed by atoms with Crippen LogP contribution in [-0.4, -0.2) is 13.4 Å². The minimum atomic E-state index is -3.89. The van der Waals surface area contributed by atoms with Crippen LogP contribution < -0.4 is 10.5 Å². The number of benzene rings is 1. The number of aromatic nitrogens is 1. The van der Waals surface area contributed by atoms with Crippen molar-refractivity contribution >= 4 is 44.6 Å². The van der Waals surface area contributed by atoms with Crippen molar-refractivity contribution in [2.75, 3.05) is 10.5 Å². The van der Waals surface area contributed by atoms with E-state index in [1.54, 1.807) is 19.1 Å². The number of anilines is 2. The number of halogens is 2. The van der Waals surface area contributed by atoms with Gasteiger partial charge in [0.05, 0.1) is 22.6 Å². The largest absolute Gasteiger partial charge is 0.398 e. The summed E-state index contributed by atoms with van der Waals surface area (Å²) in [6.45, 7) is 1.72. The third kappa shape index (κ3) is 2.98. The first kappa shape index (κ1) is 14.9. The quantitative estimate of drug-likeness (QED) is 0.668. The Hall–Kier alpha value is -1.50. The van der Waals surface area contributed by atoms with Crippen molar-refractivity contribution in [3.63, 3.8) is 0 Å². The van der Waals surface area contributed by atoms with E-state index < -0.39 is 10.0 Å². The summed E-state index contributed by atoms with van der Waals surface area (Å²) >= 11 is 11.7. The van der Waals surface area contributed by atoms with Crippen molar-refractivity contribution in [3.8, 4) is 0 Å². The SMILES string of the molecule is Cc1cc(NS(=O)(=O)c2c(N)cccc2Cl)cnc1Cl. The van der Waals surface area contributed by atoms with E-state index >= 15 is 0 Å². The molecule has 0 saturated heterocycles. The van der Waals surface area contributed by atoms with E-state index in [2.05, 4.69) is 9.71 Å². The number of hydrogen-bond acceptors (Lipinski definition) is 4. The molecule has 0 spiro atoms. The number of pyridine rings is 1. The number of nitrogens with one attached hydrogen (secondary N) is 1. The Bertz CT molecular complexity index is 743. The predicted molar refractivity (Wildman–Crippen MR) is 80.7 cm³/mol. The van der Waals surface area contributed by atoms with Crippen LogP contribution in [-0.2, 0) is 10.0 Å². The molecule has 8 heteroatoms. The summed E-state index contributed by atoms with van der Waals surface area (Å²) in [5.41, 5.74) is 6.68. The first-order valence-electron chi connectivity index (χ1n) is 5.50. The standard InChI is InChI=1S/C12H11Cl2N3O2S/c1-7-5-8(6-16-12(7)14)17-20(18,19)11-9(13)3-2-4-10(11)15/h2-6,17H,15H2,1H3. The molecule has 0 aliphatic carbocycles. The number of aryl methyl sites for hydroxylation is 1. The van der Waals surface area contributed by atoms with Crippen LogP contribution in [0.1, 0.15) is 5.56 Å². The maximum atomic E-state index is 12.3. The second kappa shape index (κ2) is 5.47. The van der Waals surface area contributed by atoms with E-state index in [0.717, 1.165) is 0 Å². The van der Waals surface area contributed by atoms with Crippen LogP contribution in [0, 0.1) is 6.92 Å². The van der Waals surface area contributed by atoms with Gasteiger partial charge in [0.2, 0.25) is 0 Å². The fourth-order valence-corrected chi connectivity index (χ4v) is 3.45. The fourth-order valence-electron chi connectivity index (χ4n) is 1.63. The average molecular weight is 332 g/mol. The van der Waals surface area contributed by atoms with Crippen LogP contribution in [0.5, 0.6) is 0 Å². The molecule has 3 N–H and O–H groups in total. The molecule has 1 heterocycles. The van der Waals surface area contributed by atoms with Gasteiger partial charge in [0.1, 0.15) is 10.0 Å². The maximum Gasteiger partial charge on any atom is 0.265 e. The van der Waals surface area contributed by atoms with Gasteiger partial charge in [-0.2, -0.15) is 0 Å². The van der Waals surface area contributed by atoms with Gasteiger partial charge in [-0.3, -0.25) is 4.72 Å². The van der Waals surface area contributed by atoms with E-state index in [9.17, 15) is 8.42 Å². The molecule has 0 amide bonds. The zero-order valence-corrected chi connectivity index (χ0v) is 12.7. The summed E-state index contributed by atoms with van der Waals surface area (Å²) in [5.74, 6) is 0. The lowest BCUT2D eigenvalue weighted by Crippen LogP contribution is -2.15. The summed E-state index contributed by atoms with van der Waals surface area (Å²) in [6.07, 6.45) is 1.32. The lowest BCUT2D eigenvalue weighted by molar-refractivity contribution is 0.601. The Balaban J connectivity index is 2.43. The lowest BCUT2D eigenvalue weighted by atomic mass is 10.3. The monoisotopic (exact) mass is 331 g/mol. The highest BCUT2D eigenvalue weighted by molar-refractivity contribution is 7.93. The van der Waals surface area contributed by atoms with Crippen LogP contribution in [0.3, 0.4) is 0 Å². The molecule has 2 rings (SSSR count). The third-order valence-corrected chi connectivity index (χ3v) is 4.85. The van der Waals surface area contributed by atoms with Crippen molar-refractivity contribution in [2.24, 2.45) is 0 Å². The van der Waals surface area contributed by atoms with Gasteiger partial charge in [0.25, 0.3) is 10.0 Å². The molecular formula is C12H11Cl2N3O2S. The molecule has 1 aromatic heterocycles. The zero-order chi connectivity index (χ0) is 14.9. The summed E-state index contributed by atoms with van der Waals surface area (Å²) in [5, 5.41) is 0.362. The summed E-state index contributed by atoms with van der Waals surface area (Å²) < 4.78 is 27.0. The number of nitrogens with zero attached hydrogens (tertiary/aromatic N) is 1. The van der Waals surface area contributed by atoms with Gasteiger partial charge in [-0.05, 0) is 30.7 Å². The molecule has 20 heavy (non-hydrogen) atoms. The second-order valence-electron chi connectivity index (χ2n) is 4.10. The molecule has 0 saturated carbocycles. The lowest BCUT2D eigenvalue weighted by Gasteiger charge is -2.12. The minimum Gasteiger partial charge on any atom is -0.398 e. The summed E-state index contributed by atoms with van der Waals surface area (Å²) in [6, 6.07) is 6.06. The topological polar surface area (TPSA) is 85.1 Å². The van der Waals surface area contributed by atoms with Gasteiger partial charge in [0.15, 0.2) is 0 Å². The van der Waals surface area contributed by atoms with Gasteiger partial charge in [-0.1, -0.05) is 29.3 Å². The van der Waals surface area contributed by atoms with Crippen molar-refractivity contribution in [2.45, 2.75) is 11.8 Å². The normalized spacial score (nSPS) is 11.3. The van der Waals surface area contributed by atoms with Gasteiger partial charge in [-0.15, -0.1) is 0 Å². The molecule has 0 atom stereocenters. The molecule has 0 aliphatic rings. The molecule has 0 fully saturated rings. The van der Waals surface area contributed by atoms with Crippen molar-refractivity contribution in [3.05, 3.63) is 46.2 Å². The minimum absolute atomic E-state index is 0.0520. The van der Waals surface area contributed by atoms with Crippen LogP contribution in [0.15, 0.2) is 35.4 Å². The summed E-state index contributed by atoms with van der Waals surface area (Å²) in [7, 11) is -3.89. The number of hydrogen-bond donors (Lipinski definition) is 2. The maximum absolute atomic E-state index is 12.3. The van der Waals surface area contributed by atoms with E-state index in [4.69, 9.17) is 28.9 Å². The van der Waals surface area contributed by atoms with Crippen LogP contribution >= 0.6 is 23.2 Å². The van der Waals surface area contributed by atoms with Crippen LogP contribution in [0.4, 0.5) is 11.4 Å².